The van der Waals surface area contributed by atoms with Crippen LogP contribution >= 0.6 is 15.9 Å². The third kappa shape index (κ3) is 4.99. The van der Waals surface area contributed by atoms with Gasteiger partial charge in [0.05, 0.1) is 17.7 Å². The minimum atomic E-state index is -0.506. The molecule has 1 aromatic heterocycles. The summed E-state index contributed by atoms with van der Waals surface area (Å²) < 4.78 is 1.03. The number of amides is 1. The van der Waals surface area contributed by atoms with Crippen LogP contribution in [-0.4, -0.2) is 77.1 Å². The van der Waals surface area contributed by atoms with E-state index in [0.717, 1.165) is 59.2 Å². The van der Waals surface area contributed by atoms with E-state index in [-0.39, 0.29) is 17.7 Å². The van der Waals surface area contributed by atoms with Gasteiger partial charge in [-0.15, -0.1) is 0 Å². The monoisotopic (exact) mass is 527 g/mol. The maximum atomic E-state index is 13.8. The number of rotatable bonds is 7. The van der Waals surface area contributed by atoms with Gasteiger partial charge in [0.1, 0.15) is 12.1 Å². The van der Waals surface area contributed by atoms with Crippen LogP contribution in [0.15, 0.2) is 35.1 Å². The Labute approximate surface area is 210 Å². The van der Waals surface area contributed by atoms with Gasteiger partial charge in [-0.3, -0.25) is 4.79 Å². The summed E-state index contributed by atoms with van der Waals surface area (Å²) in [6, 6.07) is 8.20. The van der Waals surface area contributed by atoms with E-state index in [1.807, 2.05) is 17.0 Å². The highest BCUT2D eigenvalue weighted by Gasteiger charge is 2.35. The first-order valence-corrected chi connectivity index (χ1v) is 13.2. The number of halogens is 1. The van der Waals surface area contributed by atoms with E-state index in [9.17, 15) is 9.90 Å². The molecule has 2 heterocycles. The van der Waals surface area contributed by atoms with Crippen molar-refractivity contribution in [2.45, 2.75) is 44.1 Å². The predicted octanol–water partition coefficient (Wildman–Crippen LogP) is 3.55. The minimum Gasteiger partial charge on any atom is -0.387 e. The van der Waals surface area contributed by atoms with Crippen molar-refractivity contribution in [1.82, 2.24) is 19.8 Å². The predicted molar refractivity (Wildman–Crippen MR) is 136 cm³/mol. The Morgan fingerprint density at radius 2 is 1.88 bits per heavy atom. The zero-order chi connectivity index (χ0) is 23.8. The van der Waals surface area contributed by atoms with Crippen LogP contribution in [0.3, 0.4) is 0 Å². The fourth-order valence-corrected chi connectivity index (χ4v) is 5.73. The van der Waals surface area contributed by atoms with Gasteiger partial charge >= 0.3 is 0 Å². The first-order valence-electron chi connectivity index (χ1n) is 12.4. The molecule has 1 aliphatic heterocycles. The van der Waals surface area contributed by atoms with Crippen molar-refractivity contribution >= 4 is 27.7 Å². The normalized spacial score (nSPS) is 23.3. The van der Waals surface area contributed by atoms with Gasteiger partial charge in [0, 0.05) is 49.3 Å². The number of fused-ring (bicyclic) bond motifs is 1. The second-order valence-corrected chi connectivity index (χ2v) is 11.1. The molecule has 1 unspecified atom stereocenters. The fourth-order valence-electron chi connectivity index (χ4n) is 5.46. The summed E-state index contributed by atoms with van der Waals surface area (Å²) in [6.45, 7) is 6.76. The fraction of sp³-hybridized carbons (Fsp3) is 0.577. The number of aliphatic hydroxyl groups excluding tert-OH is 1. The van der Waals surface area contributed by atoms with Gasteiger partial charge in [-0.25, -0.2) is 9.97 Å². The number of nitrogens with zero attached hydrogens (tertiary/aromatic N) is 5. The van der Waals surface area contributed by atoms with E-state index in [1.165, 1.54) is 12.8 Å². The van der Waals surface area contributed by atoms with Crippen LogP contribution in [0.4, 0.5) is 5.82 Å². The highest BCUT2D eigenvalue weighted by molar-refractivity contribution is 9.10. The van der Waals surface area contributed by atoms with Gasteiger partial charge in [-0.2, -0.15) is 0 Å². The lowest BCUT2D eigenvalue weighted by Gasteiger charge is -2.38. The van der Waals surface area contributed by atoms with Crippen molar-refractivity contribution in [2.75, 3.05) is 51.2 Å². The van der Waals surface area contributed by atoms with Crippen LogP contribution in [-0.2, 0) is 4.79 Å². The topological polar surface area (TPSA) is 72.8 Å². The van der Waals surface area contributed by atoms with Crippen molar-refractivity contribution in [3.05, 3.63) is 51.9 Å². The molecule has 1 N–H and O–H groups in total. The molecule has 0 spiro atoms. The second-order valence-electron chi connectivity index (χ2n) is 10.2. The molecule has 5 rings (SSSR count). The third-order valence-corrected chi connectivity index (χ3v) is 8.03. The van der Waals surface area contributed by atoms with Gasteiger partial charge in [-0.05, 0) is 55.8 Å². The summed E-state index contributed by atoms with van der Waals surface area (Å²) >= 11 is 3.52. The van der Waals surface area contributed by atoms with Gasteiger partial charge in [-0.1, -0.05) is 35.0 Å². The van der Waals surface area contributed by atoms with Gasteiger partial charge in [0.15, 0.2) is 0 Å². The highest BCUT2D eigenvalue weighted by Crippen LogP contribution is 2.42. The van der Waals surface area contributed by atoms with E-state index in [4.69, 9.17) is 0 Å². The van der Waals surface area contributed by atoms with Crippen LogP contribution in [0.25, 0.3) is 0 Å². The number of aromatic nitrogens is 2. The first-order chi connectivity index (χ1) is 16.4. The molecule has 0 bridgehead atoms. The van der Waals surface area contributed by atoms with E-state index in [2.05, 4.69) is 61.8 Å². The SMILES string of the molecule is C[C@@H]1C[C@H](O)c2ncnc(N3CCN(C(=O)C(CN(C)CC4CC4)c4ccc(Br)cc4)CC3)c21. The van der Waals surface area contributed by atoms with Crippen LogP contribution < -0.4 is 4.90 Å². The summed E-state index contributed by atoms with van der Waals surface area (Å²) in [5.74, 6) is 2.01. The van der Waals surface area contributed by atoms with E-state index in [0.29, 0.717) is 19.5 Å². The maximum Gasteiger partial charge on any atom is 0.231 e. The quantitative estimate of drug-likeness (QED) is 0.593. The van der Waals surface area contributed by atoms with Gasteiger partial charge in [0.25, 0.3) is 0 Å². The van der Waals surface area contributed by atoms with Crippen molar-refractivity contribution in [3.63, 3.8) is 0 Å². The Hall–Kier alpha value is -2.03. The lowest BCUT2D eigenvalue weighted by atomic mass is 9.96. The zero-order valence-electron chi connectivity index (χ0n) is 20.0. The largest absolute Gasteiger partial charge is 0.387 e. The van der Waals surface area contributed by atoms with Crippen molar-refractivity contribution in [3.8, 4) is 0 Å². The second kappa shape index (κ2) is 9.91. The molecule has 0 radical (unpaired) electrons. The molecule has 3 aliphatic rings. The number of hydrogen-bond donors (Lipinski definition) is 1. The Kier molecular flexibility index (Phi) is 6.91. The molecule has 182 valence electrons. The molecule has 1 aromatic carbocycles. The number of anilines is 1. The van der Waals surface area contributed by atoms with Crippen LogP contribution in [0.5, 0.6) is 0 Å². The molecule has 3 atom stereocenters. The average molecular weight is 528 g/mol. The number of benzene rings is 1. The molecular weight excluding hydrogens is 494 g/mol. The summed E-state index contributed by atoms with van der Waals surface area (Å²) in [7, 11) is 2.14. The van der Waals surface area contributed by atoms with Gasteiger partial charge in [0.2, 0.25) is 5.91 Å². The number of hydrogen-bond acceptors (Lipinski definition) is 6. The highest BCUT2D eigenvalue weighted by atomic mass is 79.9. The van der Waals surface area contributed by atoms with Crippen molar-refractivity contribution in [2.24, 2.45) is 5.92 Å². The van der Waals surface area contributed by atoms with Crippen LogP contribution in [0.1, 0.15) is 60.9 Å². The molecule has 8 heteroatoms. The standard InChI is InChI=1S/C26H34BrN5O2/c1-17-13-22(33)24-23(17)25(29-16-28-24)31-9-11-32(12-10-31)26(34)21(15-30(2)14-18-3-4-18)19-5-7-20(27)8-6-19/h5-8,16-18,21-22,33H,3-4,9-15H2,1-2H3/t17-,21?,22+/m1/s1. The number of carbonyl (C=O) groups is 1. The number of likely N-dealkylation sites (N-methyl/N-ethyl adjacent to an activating group) is 1. The smallest absolute Gasteiger partial charge is 0.231 e. The lowest BCUT2D eigenvalue weighted by Crippen LogP contribution is -2.51. The zero-order valence-corrected chi connectivity index (χ0v) is 21.6. The summed E-state index contributed by atoms with van der Waals surface area (Å²) in [4.78, 5) is 29.3. The number of carbonyl (C=O) groups excluding carboxylic acids is 1. The van der Waals surface area contributed by atoms with Crippen LogP contribution in [0, 0.1) is 5.92 Å². The lowest BCUT2D eigenvalue weighted by molar-refractivity contribution is -0.133. The Morgan fingerprint density at radius 1 is 1.18 bits per heavy atom. The molecule has 1 saturated carbocycles. The molecule has 1 amide bonds. The van der Waals surface area contributed by atoms with E-state index >= 15 is 0 Å². The third-order valence-electron chi connectivity index (χ3n) is 7.50. The maximum absolute atomic E-state index is 13.8. The van der Waals surface area contributed by atoms with Crippen LogP contribution in [0.2, 0.25) is 0 Å². The summed E-state index contributed by atoms with van der Waals surface area (Å²) in [5, 5.41) is 10.3. The molecular formula is C26H34BrN5O2. The van der Waals surface area contributed by atoms with E-state index in [1.54, 1.807) is 6.33 Å². The van der Waals surface area contributed by atoms with Crippen molar-refractivity contribution < 1.29 is 9.90 Å². The Morgan fingerprint density at radius 3 is 2.56 bits per heavy atom. The molecule has 2 aliphatic carbocycles. The molecule has 7 nitrogen and oxygen atoms in total. The average Bonchev–Trinajstić information content (AvgIpc) is 3.61. The van der Waals surface area contributed by atoms with Crippen molar-refractivity contribution in [1.29, 1.82) is 0 Å². The Bertz CT molecular complexity index is 1020. The molecule has 2 fully saturated rings. The van der Waals surface area contributed by atoms with E-state index < -0.39 is 6.10 Å². The molecule has 34 heavy (non-hydrogen) atoms. The first kappa shape index (κ1) is 23.7. The number of piperazine rings is 1. The number of aliphatic hydroxyl groups is 1. The van der Waals surface area contributed by atoms with Gasteiger partial charge < -0.3 is 19.8 Å². The summed E-state index contributed by atoms with van der Waals surface area (Å²) in [5.41, 5.74) is 2.92. The Balaban J connectivity index is 1.29. The molecule has 2 aromatic rings. The molecule has 1 saturated heterocycles. The minimum absolute atomic E-state index is 0.165. The summed E-state index contributed by atoms with van der Waals surface area (Å²) in [6.07, 6.45) is 4.38.